The zero-order valence-corrected chi connectivity index (χ0v) is 13.6. The largest absolute Gasteiger partial charge is 0.319 e. The lowest BCUT2D eigenvalue weighted by Gasteiger charge is -2.37. The van der Waals surface area contributed by atoms with Gasteiger partial charge in [-0.25, -0.2) is 0 Å². The lowest BCUT2D eigenvalue weighted by molar-refractivity contribution is 0.129. The third-order valence-electron chi connectivity index (χ3n) is 4.22. The first-order valence-electron chi connectivity index (χ1n) is 7.38. The standard InChI is InChI=1S/C16H25BrN2/c1-3-16(14-4-6-15(17)7-5-14)19-10-8-13(9-11-19)12-18-2/h4-7,13,16,18H,3,8-12H2,1-2H3. The first-order valence-corrected chi connectivity index (χ1v) is 8.18. The van der Waals surface area contributed by atoms with Gasteiger partial charge in [-0.1, -0.05) is 35.0 Å². The van der Waals surface area contributed by atoms with Crippen LogP contribution in [0.5, 0.6) is 0 Å². The normalized spacial score (nSPS) is 19.5. The van der Waals surface area contributed by atoms with Crippen LogP contribution in [0.4, 0.5) is 0 Å². The van der Waals surface area contributed by atoms with Gasteiger partial charge in [-0.05, 0) is 69.6 Å². The average Bonchev–Trinajstić information content (AvgIpc) is 2.44. The predicted molar refractivity (Wildman–Crippen MR) is 85.4 cm³/mol. The zero-order chi connectivity index (χ0) is 13.7. The molecule has 1 aromatic rings. The number of nitrogens with one attached hydrogen (secondary N) is 1. The molecule has 1 aromatic carbocycles. The van der Waals surface area contributed by atoms with Crippen LogP contribution < -0.4 is 5.32 Å². The topological polar surface area (TPSA) is 15.3 Å². The van der Waals surface area contributed by atoms with E-state index < -0.39 is 0 Å². The Bertz CT molecular complexity index is 369. The van der Waals surface area contributed by atoms with Crippen LogP contribution in [0.3, 0.4) is 0 Å². The Hall–Kier alpha value is -0.380. The molecule has 3 heteroatoms. The highest BCUT2D eigenvalue weighted by atomic mass is 79.9. The summed E-state index contributed by atoms with van der Waals surface area (Å²) in [6, 6.07) is 9.43. The predicted octanol–water partition coefficient (Wildman–Crippen LogP) is 3.83. The van der Waals surface area contributed by atoms with E-state index in [2.05, 4.69) is 64.4 Å². The summed E-state index contributed by atoms with van der Waals surface area (Å²) in [7, 11) is 2.06. The molecule has 1 N–H and O–H groups in total. The van der Waals surface area contributed by atoms with Gasteiger partial charge in [0.2, 0.25) is 0 Å². The second-order valence-corrected chi connectivity index (χ2v) is 6.43. The van der Waals surface area contributed by atoms with Crippen molar-refractivity contribution in [2.45, 2.75) is 32.2 Å². The van der Waals surface area contributed by atoms with E-state index in [4.69, 9.17) is 0 Å². The summed E-state index contributed by atoms with van der Waals surface area (Å²) in [4.78, 5) is 2.66. The number of rotatable bonds is 5. The SMILES string of the molecule is CCC(c1ccc(Br)cc1)N1CCC(CNC)CC1. The van der Waals surface area contributed by atoms with Gasteiger partial charge in [-0.3, -0.25) is 4.90 Å². The fraction of sp³-hybridized carbons (Fsp3) is 0.625. The molecule has 2 nitrogen and oxygen atoms in total. The number of benzene rings is 1. The van der Waals surface area contributed by atoms with E-state index in [0.29, 0.717) is 6.04 Å². The van der Waals surface area contributed by atoms with Crippen LogP contribution in [0.25, 0.3) is 0 Å². The summed E-state index contributed by atoms with van der Waals surface area (Å²) < 4.78 is 1.17. The molecule has 1 unspecified atom stereocenters. The minimum atomic E-state index is 0.587. The van der Waals surface area contributed by atoms with Crippen LogP contribution >= 0.6 is 15.9 Å². The van der Waals surface area contributed by atoms with Gasteiger partial charge in [0.1, 0.15) is 0 Å². The lowest BCUT2D eigenvalue weighted by Crippen LogP contribution is -2.38. The summed E-state index contributed by atoms with van der Waals surface area (Å²) in [6.45, 7) is 5.94. The number of hydrogen-bond acceptors (Lipinski definition) is 2. The number of likely N-dealkylation sites (tertiary alicyclic amines) is 1. The summed E-state index contributed by atoms with van der Waals surface area (Å²) in [6.07, 6.45) is 3.85. The number of hydrogen-bond donors (Lipinski definition) is 1. The minimum absolute atomic E-state index is 0.587. The van der Waals surface area contributed by atoms with Crippen LogP contribution in [-0.4, -0.2) is 31.6 Å². The highest BCUT2D eigenvalue weighted by Gasteiger charge is 2.24. The van der Waals surface area contributed by atoms with Crippen LogP contribution in [0.2, 0.25) is 0 Å². The number of piperidine rings is 1. The van der Waals surface area contributed by atoms with E-state index in [1.807, 2.05) is 0 Å². The minimum Gasteiger partial charge on any atom is -0.319 e. The smallest absolute Gasteiger partial charge is 0.0345 e. The van der Waals surface area contributed by atoms with Gasteiger partial charge in [-0.15, -0.1) is 0 Å². The molecule has 0 bridgehead atoms. The third-order valence-corrected chi connectivity index (χ3v) is 4.75. The van der Waals surface area contributed by atoms with Crippen molar-refractivity contribution in [3.05, 3.63) is 34.3 Å². The number of halogens is 1. The van der Waals surface area contributed by atoms with Crippen LogP contribution in [-0.2, 0) is 0 Å². The first-order chi connectivity index (χ1) is 9.24. The summed E-state index contributed by atoms with van der Waals surface area (Å²) >= 11 is 3.52. The van der Waals surface area contributed by atoms with E-state index in [1.165, 1.54) is 48.9 Å². The summed E-state index contributed by atoms with van der Waals surface area (Å²) in [5, 5.41) is 3.31. The zero-order valence-electron chi connectivity index (χ0n) is 12.0. The molecule has 1 aliphatic heterocycles. The highest BCUT2D eigenvalue weighted by Crippen LogP contribution is 2.29. The molecule has 1 aliphatic rings. The van der Waals surface area contributed by atoms with E-state index in [9.17, 15) is 0 Å². The van der Waals surface area contributed by atoms with Gasteiger partial charge in [-0.2, -0.15) is 0 Å². The third kappa shape index (κ3) is 4.04. The maximum absolute atomic E-state index is 3.52. The van der Waals surface area contributed by atoms with E-state index >= 15 is 0 Å². The molecule has 0 saturated carbocycles. The molecular weight excluding hydrogens is 300 g/mol. The van der Waals surface area contributed by atoms with Gasteiger partial charge >= 0.3 is 0 Å². The van der Waals surface area contributed by atoms with Gasteiger partial charge in [0.15, 0.2) is 0 Å². The van der Waals surface area contributed by atoms with Gasteiger partial charge in [0.05, 0.1) is 0 Å². The Morgan fingerprint density at radius 1 is 1.26 bits per heavy atom. The van der Waals surface area contributed by atoms with Crippen LogP contribution in [0.15, 0.2) is 28.7 Å². The van der Waals surface area contributed by atoms with Crippen molar-refractivity contribution >= 4 is 15.9 Å². The van der Waals surface area contributed by atoms with Crippen molar-refractivity contribution in [3.8, 4) is 0 Å². The van der Waals surface area contributed by atoms with Crippen molar-refractivity contribution in [2.75, 3.05) is 26.7 Å². The maximum atomic E-state index is 3.52. The Morgan fingerprint density at radius 3 is 2.42 bits per heavy atom. The van der Waals surface area contributed by atoms with Crippen LogP contribution in [0, 0.1) is 5.92 Å². The second-order valence-electron chi connectivity index (χ2n) is 5.51. The molecule has 0 aliphatic carbocycles. The van der Waals surface area contributed by atoms with Crippen LogP contribution in [0.1, 0.15) is 37.8 Å². The molecule has 106 valence electrons. The summed E-state index contributed by atoms with van der Waals surface area (Å²) in [5.41, 5.74) is 1.46. The average molecular weight is 325 g/mol. The van der Waals surface area contributed by atoms with Crippen molar-refractivity contribution < 1.29 is 0 Å². The van der Waals surface area contributed by atoms with E-state index in [0.717, 1.165) is 5.92 Å². The summed E-state index contributed by atoms with van der Waals surface area (Å²) in [5.74, 6) is 0.865. The van der Waals surface area contributed by atoms with Gasteiger partial charge in [0, 0.05) is 10.5 Å². The molecule has 19 heavy (non-hydrogen) atoms. The molecule has 0 aromatic heterocycles. The lowest BCUT2D eigenvalue weighted by atomic mass is 9.93. The van der Waals surface area contributed by atoms with E-state index in [1.54, 1.807) is 0 Å². The molecule has 0 amide bonds. The Morgan fingerprint density at radius 2 is 1.89 bits per heavy atom. The fourth-order valence-corrected chi connectivity index (χ4v) is 3.41. The highest BCUT2D eigenvalue weighted by molar-refractivity contribution is 9.10. The second kappa shape index (κ2) is 7.41. The molecule has 1 heterocycles. The van der Waals surface area contributed by atoms with Gasteiger partial charge in [0.25, 0.3) is 0 Å². The van der Waals surface area contributed by atoms with Crippen molar-refractivity contribution in [2.24, 2.45) is 5.92 Å². The Balaban J connectivity index is 1.97. The fourth-order valence-electron chi connectivity index (χ4n) is 3.15. The Kier molecular flexibility index (Phi) is 5.86. The molecule has 1 saturated heterocycles. The quantitative estimate of drug-likeness (QED) is 0.885. The van der Waals surface area contributed by atoms with Crippen molar-refractivity contribution in [1.82, 2.24) is 10.2 Å². The monoisotopic (exact) mass is 324 g/mol. The molecular formula is C16H25BrN2. The van der Waals surface area contributed by atoms with Gasteiger partial charge < -0.3 is 5.32 Å². The first kappa shape index (κ1) is 15.0. The molecule has 0 radical (unpaired) electrons. The molecule has 1 atom stereocenters. The molecule has 0 spiro atoms. The number of nitrogens with zero attached hydrogens (tertiary/aromatic N) is 1. The van der Waals surface area contributed by atoms with E-state index in [-0.39, 0.29) is 0 Å². The maximum Gasteiger partial charge on any atom is 0.0345 e. The molecule has 2 rings (SSSR count). The Labute approximate surface area is 125 Å². The van der Waals surface area contributed by atoms with Crippen molar-refractivity contribution in [1.29, 1.82) is 0 Å². The molecule has 1 fully saturated rings. The van der Waals surface area contributed by atoms with Crippen molar-refractivity contribution in [3.63, 3.8) is 0 Å².